The molecule has 5 heteroatoms. The summed E-state index contributed by atoms with van der Waals surface area (Å²) >= 11 is 5.95. The van der Waals surface area contributed by atoms with E-state index in [1.807, 2.05) is 18.3 Å². The van der Waals surface area contributed by atoms with Gasteiger partial charge in [-0.05, 0) is 118 Å². The highest BCUT2D eigenvalue weighted by molar-refractivity contribution is 7.80. The highest BCUT2D eigenvalue weighted by atomic mass is 32.1. The summed E-state index contributed by atoms with van der Waals surface area (Å²) in [6.45, 7) is 13.1. The van der Waals surface area contributed by atoms with Gasteiger partial charge < -0.3 is 14.8 Å². The Kier molecular flexibility index (Phi) is 5.97. The lowest BCUT2D eigenvalue weighted by Gasteiger charge is -2.29. The maximum absolute atomic E-state index is 5.95. The van der Waals surface area contributed by atoms with Gasteiger partial charge in [0.15, 0.2) is 5.11 Å². The fraction of sp³-hybridized carbons (Fsp3) is 0.267. The van der Waals surface area contributed by atoms with E-state index in [-0.39, 0.29) is 12.1 Å². The van der Waals surface area contributed by atoms with Gasteiger partial charge in [0, 0.05) is 29.0 Å². The minimum absolute atomic E-state index is 0.0235. The van der Waals surface area contributed by atoms with Crippen molar-refractivity contribution < 1.29 is 0 Å². The van der Waals surface area contributed by atoms with Crippen LogP contribution in [0.2, 0.25) is 0 Å². The molecular formula is C30H32N4S. The summed E-state index contributed by atoms with van der Waals surface area (Å²) in [4.78, 5) is 6.99. The van der Waals surface area contributed by atoms with Crippen LogP contribution in [0.15, 0.2) is 66.9 Å². The quantitative estimate of drug-likeness (QED) is 0.322. The normalized spacial score (nSPS) is 17.7. The number of nitrogens with one attached hydrogen (secondary N) is 1. The molecule has 5 rings (SSSR count). The van der Waals surface area contributed by atoms with E-state index < -0.39 is 0 Å². The van der Waals surface area contributed by atoms with Crippen molar-refractivity contribution in [2.24, 2.45) is 0 Å². The number of benzene rings is 2. The third-order valence-corrected chi connectivity index (χ3v) is 7.79. The van der Waals surface area contributed by atoms with Gasteiger partial charge in [0.1, 0.15) is 0 Å². The Labute approximate surface area is 213 Å². The van der Waals surface area contributed by atoms with Gasteiger partial charge in [-0.15, -0.1) is 0 Å². The zero-order chi connectivity index (χ0) is 24.9. The molecule has 0 aliphatic carbocycles. The number of nitrogens with zero attached hydrogens (tertiary/aromatic N) is 3. The summed E-state index contributed by atoms with van der Waals surface area (Å²) in [5.74, 6) is 0. The summed E-state index contributed by atoms with van der Waals surface area (Å²) in [5, 5.41) is 4.33. The molecule has 0 spiro atoms. The Morgan fingerprint density at radius 3 is 2.34 bits per heavy atom. The van der Waals surface area contributed by atoms with Crippen molar-refractivity contribution in [3.05, 3.63) is 112 Å². The molecule has 1 saturated heterocycles. The van der Waals surface area contributed by atoms with Gasteiger partial charge >= 0.3 is 0 Å². The number of anilines is 1. The Morgan fingerprint density at radius 2 is 1.63 bits per heavy atom. The molecule has 178 valence electrons. The van der Waals surface area contributed by atoms with E-state index in [4.69, 9.17) is 17.2 Å². The van der Waals surface area contributed by atoms with E-state index in [1.165, 1.54) is 44.9 Å². The molecule has 0 radical (unpaired) electrons. The first-order valence-electron chi connectivity index (χ1n) is 12.1. The molecular weight excluding hydrogens is 448 g/mol. The molecule has 2 aromatic heterocycles. The molecule has 4 nitrogen and oxygen atoms in total. The fourth-order valence-corrected chi connectivity index (χ4v) is 5.61. The lowest BCUT2D eigenvalue weighted by atomic mass is 9.96. The first-order chi connectivity index (χ1) is 16.8. The van der Waals surface area contributed by atoms with Crippen molar-refractivity contribution in [1.29, 1.82) is 0 Å². The average Bonchev–Trinajstić information content (AvgIpc) is 3.33. The smallest absolute Gasteiger partial charge is 0.174 e. The zero-order valence-corrected chi connectivity index (χ0v) is 22.1. The van der Waals surface area contributed by atoms with E-state index >= 15 is 0 Å². The average molecular weight is 481 g/mol. The lowest BCUT2D eigenvalue weighted by molar-refractivity contribution is 0.565. The Balaban J connectivity index is 1.71. The van der Waals surface area contributed by atoms with Crippen LogP contribution in [0.5, 0.6) is 0 Å². The number of aryl methyl sites for hydroxylation is 4. The Morgan fingerprint density at radius 1 is 0.829 bits per heavy atom. The van der Waals surface area contributed by atoms with Crippen LogP contribution >= 0.6 is 12.2 Å². The third kappa shape index (κ3) is 3.94. The molecule has 0 unspecified atom stereocenters. The van der Waals surface area contributed by atoms with Crippen LogP contribution in [-0.4, -0.2) is 14.7 Å². The van der Waals surface area contributed by atoms with Crippen molar-refractivity contribution in [1.82, 2.24) is 14.9 Å². The molecule has 1 aliphatic heterocycles. The molecule has 0 amide bonds. The molecule has 1 aliphatic rings. The van der Waals surface area contributed by atoms with Crippen LogP contribution in [0.3, 0.4) is 0 Å². The van der Waals surface area contributed by atoms with E-state index in [0.717, 1.165) is 16.5 Å². The van der Waals surface area contributed by atoms with Crippen molar-refractivity contribution in [3.8, 4) is 5.69 Å². The largest absolute Gasteiger partial charge is 0.351 e. The van der Waals surface area contributed by atoms with Crippen molar-refractivity contribution in [2.75, 3.05) is 4.90 Å². The van der Waals surface area contributed by atoms with Gasteiger partial charge in [0.2, 0.25) is 0 Å². The number of thiocarbonyl (C=S) groups is 1. The monoisotopic (exact) mass is 480 g/mol. The van der Waals surface area contributed by atoms with Crippen LogP contribution in [0, 0.1) is 41.5 Å². The maximum atomic E-state index is 5.95. The predicted octanol–water partition coefficient (Wildman–Crippen LogP) is 6.90. The van der Waals surface area contributed by atoms with Crippen LogP contribution in [0.4, 0.5) is 5.69 Å². The standard InChI is InChI=1S/C30H32N4S/c1-18-13-14-24(16-20(18)3)34-29(28(32-30(34)35)26-11-7-8-15-31-26)25-17-21(4)33(23(25)6)27-12-9-10-19(2)22(27)5/h7-17,28-29H,1-6H3,(H,32,35)/t28-,29-/m1/s1. The highest BCUT2D eigenvalue weighted by Gasteiger charge is 2.42. The minimum atomic E-state index is -0.0575. The molecule has 35 heavy (non-hydrogen) atoms. The van der Waals surface area contributed by atoms with Crippen LogP contribution in [0.1, 0.15) is 57.0 Å². The number of hydrogen-bond donors (Lipinski definition) is 1. The molecule has 1 N–H and O–H groups in total. The first-order valence-corrected chi connectivity index (χ1v) is 12.5. The number of aromatic nitrogens is 2. The second-order valence-electron chi connectivity index (χ2n) is 9.65. The molecule has 2 atom stereocenters. The fourth-order valence-electron chi connectivity index (χ4n) is 5.26. The van der Waals surface area contributed by atoms with Crippen LogP contribution < -0.4 is 10.2 Å². The second kappa shape index (κ2) is 8.97. The van der Waals surface area contributed by atoms with Gasteiger partial charge in [-0.2, -0.15) is 0 Å². The van der Waals surface area contributed by atoms with E-state index in [0.29, 0.717) is 0 Å². The summed E-state index contributed by atoms with van der Waals surface area (Å²) in [6.07, 6.45) is 1.86. The molecule has 1 fully saturated rings. The maximum Gasteiger partial charge on any atom is 0.174 e. The van der Waals surface area contributed by atoms with Crippen molar-refractivity contribution in [3.63, 3.8) is 0 Å². The summed E-state index contributed by atoms with van der Waals surface area (Å²) in [7, 11) is 0. The van der Waals surface area contributed by atoms with Crippen LogP contribution in [0.25, 0.3) is 5.69 Å². The van der Waals surface area contributed by atoms with Crippen LogP contribution in [-0.2, 0) is 0 Å². The Bertz CT molecular complexity index is 1420. The highest BCUT2D eigenvalue weighted by Crippen LogP contribution is 2.44. The van der Waals surface area contributed by atoms with Crippen molar-refractivity contribution >= 4 is 23.0 Å². The van der Waals surface area contributed by atoms with E-state index in [1.54, 1.807) is 0 Å². The lowest BCUT2D eigenvalue weighted by Crippen LogP contribution is -2.29. The van der Waals surface area contributed by atoms with E-state index in [2.05, 4.69) is 105 Å². The number of hydrogen-bond acceptors (Lipinski definition) is 2. The minimum Gasteiger partial charge on any atom is -0.351 e. The molecule has 4 aromatic rings. The first kappa shape index (κ1) is 23.3. The molecule has 0 bridgehead atoms. The number of rotatable bonds is 4. The summed E-state index contributed by atoms with van der Waals surface area (Å²) in [6, 6.07) is 21.4. The third-order valence-electron chi connectivity index (χ3n) is 7.47. The molecule has 3 heterocycles. The Hall–Kier alpha value is -3.44. The second-order valence-corrected chi connectivity index (χ2v) is 10.0. The van der Waals surface area contributed by atoms with Gasteiger partial charge in [-0.1, -0.05) is 24.3 Å². The summed E-state index contributed by atoms with van der Waals surface area (Å²) < 4.78 is 2.38. The van der Waals surface area contributed by atoms with Gasteiger partial charge in [0.05, 0.1) is 17.8 Å². The molecule has 0 saturated carbocycles. The van der Waals surface area contributed by atoms with Gasteiger partial charge in [0.25, 0.3) is 0 Å². The van der Waals surface area contributed by atoms with E-state index in [9.17, 15) is 0 Å². The molecule has 2 aromatic carbocycles. The van der Waals surface area contributed by atoms with Crippen molar-refractivity contribution in [2.45, 2.75) is 53.6 Å². The van der Waals surface area contributed by atoms with Gasteiger partial charge in [-0.3, -0.25) is 4.98 Å². The van der Waals surface area contributed by atoms with Gasteiger partial charge in [-0.25, -0.2) is 0 Å². The zero-order valence-electron chi connectivity index (χ0n) is 21.3. The topological polar surface area (TPSA) is 33.1 Å². The SMILES string of the molecule is Cc1ccc(N2C(=S)N[C@H](c3ccccn3)[C@H]2c2cc(C)n(-c3cccc(C)c3C)c2C)cc1C. The predicted molar refractivity (Wildman–Crippen MR) is 149 cm³/mol. The number of pyridine rings is 1. The summed E-state index contributed by atoms with van der Waals surface area (Å²) in [5.41, 5.74) is 12.1.